The highest BCUT2D eigenvalue weighted by Gasteiger charge is 2.30. The molecule has 1 atom stereocenters. The first-order chi connectivity index (χ1) is 24.7. The Labute approximate surface area is 316 Å². The van der Waals surface area contributed by atoms with Crippen molar-refractivity contribution in [3.63, 3.8) is 0 Å². The summed E-state index contributed by atoms with van der Waals surface area (Å²) in [6.07, 6.45) is 1.90. The minimum Gasteiger partial charge on any atom is -0.496 e. The predicted molar refractivity (Wildman–Crippen MR) is 204 cm³/mol. The molecule has 52 heavy (non-hydrogen) atoms. The first-order valence-corrected chi connectivity index (χ1v) is 18.0. The second kappa shape index (κ2) is 16.5. The van der Waals surface area contributed by atoms with Crippen molar-refractivity contribution >= 4 is 35.3 Å². The number of rotatable bonds is 11. The van der Waals surface area contributed by atoms with Gasteiger partial charge < -0.3 is 23.8 Å². The molecule has 4 aromatic rings. The zero-order chi connectivity index (χ0) is 37.7. The van der Waals surface area contributed by atoms with E-state index in [0.717, 1.165) is 24.1 Å². The molecule has 2 aromatic carbocycles. The van der Waals surface area contributed by atoms with Gasteiger partial charge in [-0.25, -0.2) is 9.78 Å². The van der Waals surface area contributed by atoms with Crippen LogP contribution in [-0.4, -0.2) is 77.9 Å². The fourth-order valence-corrected chi connectivity index (χ4v) is 6.77. The van der Waals surface area contributed by atoms with Crippen LogP contribution >= 0.6 is 23.2 Å². The maximum absolute atomic E-state index is 12.6. The number of halogens is 2. The Hall–Kier alpha value is -4.38. The van der Waals surface area contributed by atoms with Crippen LogP contribution < -0.4 is 9.47 Å². The summed E-state index contributed by atoms with van der Waals surface area (Å²) in [5, 5.41) is 0.900. The zero-order valence-corrected chi connectivity index (χ0v) is 32.5. The molecular weight excluding hydrogens is 703 g/mol. The summed E-state index contributed by atoms with van der Waals surface area (Å²) in [6.45, 7) is 11.5. The highest BCUT2D eigenvalue weighted by atomic mass is 35.5. The summed E-state index contributed by atoms with van der Waals surface area (Å²) in [4.78, 5) is 38.1. The van der Waals surface area contributed by atoms with Crippen molar-refractivity contribution in [3.8, 4) is 45.3 Å². The molecule has 1 amide bonds. The predicted octanol–water partition coefficient (Wildman–Crippen LogP) is 8.94. The molecule has 0 N–H and O–H groups in total. The molecule has 12 heteroatoms. The Morgan fingerprint density at radius 2 is 1.67 bits per heavy atom. The maximum atomic E-state index is 12.6. The van der Waals surface area contributed by atoms with Crippen molar-refractivity contribution in [1.29, 1.82) is 0 Å². The van der Waals surface area contributed by atoms with Crippen LogP contribution in [0.1, 0.15) is 52.2 Å². The molecule has 0 bridgehead atoms. The van der Waals surface area contributed by atoms with Crippen LogP contribution in [0.4, 0.5) is 4.79 Å². The number of likely N-dealkylation sites (tertiary alicyclic amines) is 1. The lowest BCUT2D eigenvalue weighted by atomic mass is 9.99. The molecule has 10 nitrogen and oxygen atoms in total. The van der Waals surface area contributed by atoms with Gasteiger partial charge in [0.1, 0.15) is 11.4 Å². The topological polar surface area (TPSA) is 103 Å². The smallest absolute Gasteiger partial charge is 0.410 e. The highest BCUT2D eigenvalue weighted by Crippen LogP contribution is 2.42. The SMILES string of the molecule is COc1cc(-c2nccc(-c3cccc(-c4ccc(CN(C)C(=O)OC(C)(C)C)c(OC)n4)c3Cl)c2Cl)ccc1CN1CC[C@H](C(=O)OC(C)C)C1. The molecule has 1 aliphatic heterocycles. The Morgan fingerprint density at radius 1 is 0.962 bits per heavy atom. The summed E-state index contributed by atoms with van der Waals surface area (Å²) in [7, 11) is 4.84. The third-order valence-electron chi connectivity index (χ3n) is 8.61. The van der Waals surface area contributed by atoms with E-state index >= 15 is 0 Å². The van der Waals surface area contributed by atoms with Gasteiger partial charge in [0.2, 0.25) is 5.88 Å². The summed E-state index contributed by atoms with van der Waals surface area (Å²) in [6, 6.07) is 17.2. The van der Waals surface area contributed by atoms with Crippen molar-refractivity contribution in [2.75, 3.05) is 34.4 Å². The van der Waals surface area contributed by atoms with Gasteiger partial charge in [-0.3, -0.25) is 14.7 Å². The average molecular weight is 750 g/mol. The fraction of sp³-hybridized carbons (Fsp3) is 0.400. The second-order valence-corrected chi connectivity index (χ2v) is 14.9. The standard InChI is InChI=1S/C40H46Cl2N4O6/c1-24(2)51-38(47)28-17-19-46(23-28)22-26-13-12-25(20-33(26)49-7)36-35(42)30(16-18-43-36)29-10-9-11-31(34(29)41)32-15-14-27(37(44-32)50-8)21-45(6)39(48)52-40(3,4)5/h9-16,18,20,24,28H,17,19,21-23H2,1-8H3/t28-/m0/s1. The Balaban J connectivity index is 1.38. The van der Waals surface area contributed by atoms with E-state index in [2.05, 4.69) is 9.88 Å². The number of methoxy groups -OCH3 is 2. The summed E-state index contributed by atoms with van der Waals surface area (Å²) in [5.41, 5.74) is 5.18. The molecule has 0 saturated carbocycles. The van der Waals surface area contributed by atoms with Crippen LogP contribution in [0.3, 0.4) is 0 Å². The van der Waals surface area contributed by atoms with Crippen molar-refractivity contribution < 1.29 is 28.5 Å². The van der Waals surface area contributed by atoms with E-state index in [1.165, 1.54) is 12.0 Å². The largest absolute Gasteiger partial charge is 0.496 e. The lowest BCUT2D eigenvalue weighted by Crippen LogP contribution is -2.33. The lowest BCUT2D eigenvalue weighted by molar-refractivity contribution is -0.151. The second-order valence-electron chi connectivity index (χ2n) is 14.1. The van der Waals surface area contributed by atoms with Gasteiger partial charge in [0, 0.05) is 59.7 Å². The molecule has 1 aliphatic rings. The maximum Gasteiger partial charge on any atom is 0.410 e. The Bertz CT molecular complexity index is 1930. The number of ether oxygens (including phenoxy) is 4. The van der Waals surface area contributed by atoms with Gasteiger partial charge in [-0.05, 0) is 71.8 Å². The third-order valence-corrected chi connectivity index (χ3v) is 9.40. The van der Waals surface area contributed by atoms with Gasteiger partial charge in [-0.15, -0.1) is 0 Å². The summed E-state index contributed by atoms with van der Waals surface area (Å²) in [5.74, 6) is 0.808. The minimum atomic E-state index is -0.610. The molecule has 1 saturated heterocycles. The van der Waals surface area contributed by atoms with Gasteiger partial charge in [0.25, 0.3) is 0 Å². The van der Waals surface area contributed by atoms with E-state index in [0.29, 0.717) is 68.4 Å². The van der Waals surface area contributed by atoms with Gasteiger partial charge >= 0.3 is 12.1 Å². The van der Waals surface area contributed by atoms with E-state index in [4.69, 9.17) is 47.1 Å². The summed E-state index contributed by atoms with van der Waals surface area (Å²) >= 11 is 14.2. The average Bonchev–Trinajstić information content (AvgIpc) is 3.57. The third kappa shape index (κ3) is 9.15. The number of hydrogen-bond donors (Lipinski definition) is 0. The van der Waals surface area contributed by atoms with Crippen molar-refractivity contribution in [1.82, 2.24) is 19.8 Å². The van der Waals surface area contributed by atoms with E-state index in [1.54, 1.807) is 20.4 Å². The highest BCUT2D eigenvalue weighted by molar-refractivity contribution is 6.39. The van der Waals surface area contributed by atoms with Gasteiger partial charge in [0.05, 0.1) is 54.2 Å². The molecule has 3 heterocycles. The quantitative estimate of drug-likeness (QED) is 0.139. The van der Waals surface area contributed by atoms with Gasteiger partial charge in [-0.2, -0.15) is 0 Å². The van der Waals surface area contributed by atoms with Crippen molar-refractivity contribution in [3.05, 3.63) is 82.0 Å². The fourth-order valence-electron chi connectivity index (χ4n) is 6.13. The summed E-state index contributed by atoms with van der Waals surface area (Å²) < 4.78 is 22.4. The molecule has 0 spiro atoms. The van der Waals surface area contributed by atoms with Crippen LogP contribution in [0.15, 0.2) is 60.8 Å². The van der Waals surface area contributed by atoms with Crippen LogP contribution in [0.2, 0.25) is 10.0 Å². The first kappa shape index (κ1) is 38.8. The zero-order valence-electron chi connectivity index (χ0n) is 31.0. The molecule has 0 radical (unpaired) electrons. The molecule has 276 valence electrons. The first-order valence-electron chi connectivity index (χ1n) is 17.2. The number of amides is 1. The molecule has 5 rings (SSSR count). The number of benzene rings is 2. The normalized spacial score (nSPS) is 14.7. The van der Waals surface area contributed by atoms with E-state index in [-0.39, 0.29) is 24.5 Å². The van der Waals surface area contributed by atoms with E-state index in [9.17, 15) is 9.59 Å². The number of esters is 1. The van der Waals surface area contributed by atoms with Crippen molar-refractivity contribution in [2.45, 2.75) is 65.8 Å². The van der Waals surface area contributed by atoms with Gasteiger partial charge in [0.15, 0.2) is 0 Å². The minimum absolute atomic E-state index is 0.126. The monoisotopic (exact) mass is 748 g/mol. The molecule has 1 fully saturated rings. The van der Waals surface area contributed by atoms with Crippen LogP contribution in [0.5, 0.6) is 11.6 Å². The van der Waals surface area contributed by atoms with Crippen molar-refractivity contribution in [2.24, 2.45) is 5.92 Å². The van der Waals surface area contributed by atoms with Crippen LogP contribution in [0, 0.1) is 5.92 Å². The number of pyridine rings is 2. The number of carbonyl (C=O) groups excluding carboxylic acids is 2. The number of carbonyl (C=O) groups is 2. The number of hydrogen-bond acceptors (Lipinski definition) is 9. The molecule has 0 aliphatic carbocycles. The van der Waals surface area contributed by atoms with Crippen LogP contribution in [-0.2, 0) is 27.4 Å². The van der Waals surface area contributed by atoms with Crippen LogP contribution in [0.25, 0.3) is 33.6 Å². The molecular formula is C40H46Cl2N4O6. The number of aromatic nitrogens is 2. The van der Waals surface area contributed by atoms with E-state index < -0.39 is 11.7 Å². The lowest BCUT2D eigenvalue weighted by Gasteiger charge is -2.25. The van der Waals surface area contributed by atoms with Gasteiger partial charge in [-0.1, -0.05) is 53.5 Å². The molecule has 2 aromatic heterocycles. The Kier molecular flexibility index (Phi) is 12.3. The number of nitrogens with zero attached hydrogens (tertiary/aromatic N) is 4. The molecule has 0 unspecified atom stereocenters. The Morgan fingerprint density at radius 3 is 2.37 bits per heavy atom. The van der Waals surface area contributed by atoms with E-state index in [1.807, 2.05) is 89.2 Å².